The van der Waals surface area contributed by atoms with Gasteiger partial charge in [-0.15, -0.1) is 11.3 Å². The number of halogens is 1. The number of benzene rings is 3. The topological polar surface area (TPSA) is 88.0 Å². The molecule has 180 valence electrons. The number of carbonyl (C=O) groups is 1. The highest BCUT2D eigenvalue weighted by atomic mass is 35.5. The number of hydrogen-bond acceptors (Lipinski definition) is 5. The molecule has 0 unspecified atom stereocenters. The third-order valence-electron chi connectivity index (χ3n) is 5.46. The molecule has 37 heavy (non-hydrogen) atoms. The normalized spacial score (nSPS) is 12.2. The number of nitrogens with zero attached hydrogens (tertiary/aromatic N) is 2. The molecular formula is C29H18ClN3O3S. The number of thiazole rings is 1. The molecule has 2 heterocycles. The largest absolute Gasteiger partial charge is 0.457 e. The predicted octanol–water partition coefficient (Wildman–Crippen LogP) is 4.95. The van der Waals surface area contributed by atoms with Crippen molar-refractivity contribution in [3.05, 3.63) is 127 Å². The van der Waals surface area contributed by atoms with E-state index in [1.165, 1.54) is 4.57 Å². The van der Waals surface area contributed by atoms with Crippen LogP contribution in [0.2, 0.25) is 5.02 Å². The summed E-state index contributed by atoms with van der Waals surface area (Å²) in [6.07, 6.45) is 1.60. The number of rotatable bonds is 5. The first-order valence-corrected chi connectivity index (χ1v) is 12.4. The van der Waals surface area contributed by atoms with Gasteiger partial charge in [0.15, 0.2) is 5.57 Å². The summed E-state index contributed by atoms with van der Waals surface area (Å²) < 4.78 is 7.84. The van der Waals surface area contributed by atoms with Gasteiger partial charge in [0.1, 0.15) is 22.3 Å². The van der Waals surface area contributed by atoms with Gasteiger partial charge in [-0.05, 0) is 48.5 Å². The van der Waals surface area contributed by atoms with Crippen LogP contribution in [-0.2, 0) is 4.79 Å². The molecule has 1 amide bonds. The SMILES string of the molecule is N#C/C(C(=O)Nc1ccccc1)=c1\s/c(=C/c2ccc(-c3ccccc3Cl)o2)c(=O)n1-c1ccccc1. The van der Waals surface area contributed by atoms with Crippen molar-refractivity contribution in [2.75, 3.05) is 5.32 Å². The molecule has 0 bridgehead atoms. The van der Waals surface area contributed by atoms with Gasteiger partial charge < -0.3 is 9.73 Å². The predicted molar refractivity (Wildman–Crippen MR) is 146 cm³/mol. The maximum atomic E-state index is 13.6. The number of furan rings is 1. The molecule has 5 rings (SSSR count). The Bertz CT molecular complexity index is 1810. The lowest BCUT2D eigenvalue weighted by Gasteiger charge is -2.05. The summed E-state index contributed by atoms with van der Waals surface area (Å²) >= 11 is 7.34. The molecular weight excluding hydrogens is 506 g/mol. The van der Waals surface area contributed by atoms with E-state index in [0.717, 1.165) is 16.9 Å². The third-order valence-corrected chi connectivity index (χ3v) is 6.88. The lowest BCUT2D eigenvalue weighted by molar-refractivity contribution is -0.111. The van der Waals surface area contributed by atoms with Crippen molar-refractivity contribution < 1.29 is 9.21 Å². The second-order valence-corrected chi connectivity index (χ2v) is 9.32. The fraction of sp³-hybridized carbons (Fsp3) is 0. The molecule has 8 heteroatoms. The molecule has 0 saturated heterocycles. The fourth-order valence-corrected chi connectivity index (χ4v) is 5.05. The zero-order valence-corrected chi connectivity index (χ0v) is 20.8. The molecule has 0 aliphatic heterocycles. The number of carbonyl (C=O) groups excluding carboxylic acids is 1. The smallest absolute Gasteiger partial charge is 0.273 e. The summed E-state index contributed by atoms with van der Waals surface area (Å²) in [6.45, 7) is 0. The van der Waals surface area contributed by atoms with Crippen molar-refractivity contribution in [1.29, 1.82) is 5.26 Å². The van der Waals surface area contributed by atoms with E-state index in [0.29, 0.717) is 32.5 Å². The summed E-state index contributed by atoms with van der Waals surface area (Å²) in [7, 11) is 0. The van der Waals surface area contributed by atoms with Gasteiger partial charge in [-0.2, -0.15) is 5.26 Å². The molecule has 6 nitrogen and oxygen atoms in total. The second kappa shape index (κ2) is 10.5. The van der Waals surface area contributed by atoms with Gasteiger partial charge in [-0.25, -0.2) is 0 Å². The molecule has 3 aromatic carbocycles. The van der Waals surface area contributed by atoms with Gasteiger partial charge in [-0.1, -0.05) is 60.1 Å². The Labute approximate surface area is 220 Å². The average Bonchev–Trinajstić information content (AvgIpc) is 3.50. The summed E-state index contributed by atoms with van der Waals surface area (Å²) in [6, 6.07) is 30.5. The Morgan fingerprint density at radius 2 is 1.62 bits per heavy atom. The quantitative estimate of drug-likeness (QED) is 0.353. The summed E-state index contributed by atoms with van der Waals surface area (Å²) in [5.74, 6) is 0.390. The van der Waals surface area contributed by atoms with E-state index in [4.69, 9.17) is 16.0 Å². The Hall–Kier alpha value is -4.64. The number of anilines is 1. The van der Waals surface area contributed by atoms with Gasteiger partial charge in [0.05, 0.1) is 15.2 Å². The van der Waals surface area contributed by atoms with Crippen molar-refractivity contribution >= 4 is 46.2 Å². The van der Waals surface area contributed by atoms with E-state index in [2.05, 4.69) is 5.32 Å². The number of aromatic nitrogens is 1. The monoisotopic (exact) mass is 523 g/mol. The highest BCUT2D eigenvalue weighted by molar-refractivity contribution is 7.07. The summed E-state index contributed by atoms with van der Waals surface area (Å²) in [5, 5.41) is 13.2. The minimum Gasteiger partial charge on any atom is -0.457 e. The van der Waals surface area contributed by atoms with Gasteiger partial charge in [0.25, 0.3) is 11.5 Å². The molecule has 0 atom stereocenters. The molecule has 0 fully saturated rings. The Balaban J connectivity index is 1.67. The highest BCUT2D eigenvalue weighted by Gasteiger charge is 2.17. The number of nitriles is 1. The zero-order chi connectivity index (χ0) is 25.8. The van der Waals surface area contributed by atoms with Crippen LogP contribution in [0.4, 0.5) is 5.69 Å². The fourth-order valence-electron chi connectivity index (χ4n) is 3.74. The first-order valence-electron chi connectivity index (χ1n) is 11.2. The average molecular weight is 524 g/mol. The molecule has 0 radical (unpaired) electrons. The molecule has 5 aromatic rings. The number of hydrogen-bond donors (Lipinski definition) is 1. The minimum atomic E-state index is -0.606. The van der Waals surface area contributed by atoms with Crippen LogP contribution >= 0.6 is 22.9 Å². The van der Waals surface area contributed by atoms with Gasteiger partial charge in [0.2, 0.25) is 0 Å². The summed E-state index contributed by atoms with van der Waals surface area (Å²) in [4.78, 5) is 26.6. The van der Waals surface area contributed by atoms with Gasteiger partial charge >= 0.3 is 0 Å². The number of para-hydroxylation sites is 2. The zero-order valence-electron chi connectivity index (χ0n) is 19.2. The maximum Gasteiger partial charge on any atom is 0.273 e. The van der Waals surface area contributed by atoms with Gasteiger partial charge in [-0.3, -0.25) is 14.2 Å². The van der Waals surface area contributed by atoms with Crippen LogP contribution in [0, 0.1) is 11.3 Å². The van der Waals surface area contributed by atoms with Crippen LogP contribution in [-0.4, -0.2) is 10.5 Å². The van der Waals surface area contributed by atoms with E-state index in [1.54, 1.807) is 72.8 Å². The van der Waals surface area contributed by atoms with Crippen LogP contribution in [0.3, 0.4) is 0 Å². The van der Waals surface area contributed by atoms with Crippen LogP contribution in [0.5, 0.6) is 0 Å². The standard InChI is InChI=1S/C29H18ClN3O3S/c30-24-14-8-7-13-22(24)25-16-15-21(36-25)17-26-28(35)33(20-11-5-2-6-12-20)29(37-26)23(18-31)27(34)32-19-9-3-1-4-10-19/h1-17H,(H,32,34)/b26-17+,29-23+. The lowest BCUT2D eigenvalue weighted by Crippen LogP contribution is -2.32. The van der Waals surface area contributed by atoms with Gasteiger partial charge in [0, 0.05) is 17.3 Å². The lowest BCUT2D eigenvalue weighted by atomic mass is 10.2. The van der Waals surface area contributed by atoms with Crippen LogP contribution < -0.4 is 20.1 Å². The molecule has 0 aliphatic rings. The van der Waals surface area contributed by atoms with E-state index in [1.807, 2.05) is 36.4 Å². The highest BCUT2D eigenvalue weighted by Crippen LogP contribution is 2.29. The maximum absolute atomic E-state index is 13.6. The second-order valence-electron chi connectivity index (χ2n) is 7.88. The summed E-state index contributed by atoms with van der Waals surface area (Å²) in [5.41, 5.74) is 1.26. The molecule has 0 aliphatic carbocycles. The van der Waals surface area contributed by atoms with E-state index in [9.17, 15) is 14.9 Å². The first-order chi connectivity index (χ1) is 18.0. The van der Waals surface area contributed by atoms with Crippen LogP contribution in [0.25, 0.3) is 28.7 Å². The Morgan fingerprint density at radius 1 is 0.946 bits per heavy atom. The van der Waals surface area contributed by atoms with E-state index >= 15 is 0 Å². The molecule has 0 saturated carbocycles. The van der Waals surface area contributed by atoms with Crippen LogP contribution in [0.15, 0.2) is 106 Å². The van der Waals surface area contributed by atoms with Crippen LogP contribution in [0.1, 0.15) is 5.76 Å². The molecule has 0 spiro atoms. The van der Waals surface area contributed by atoms with E-state index in [-0.39, 0.29) is 15.8 Å². The molecule has 2 aromatic heterocycles. The number of amides is 1. The van der Waals surface area contributed by atoms with Crippen molar-refractivity contribution in [2.45, 2.75) is 0 Å². The first kappa shape index (κ1) is 24.1. The Kier molecular flexibility index (Phi) is 6.86. The number of nitrogens with one attached hydrogen (secondary N) is 1. The van der Waals surface area contributed by atoms with E-state index < -0.39 is 5.91 Å². The molecule has 1 N–H and O–H groups in total. The third kappa shape index (κ3) is 5.02. The van der Waals surface area contributed by atoms with Crippen molar-refractivity contribution in [3.63, 3.8) is 0 Å². The van der Waals surface area contributed by atoms with Crippen molar-refractivity contribution in [1.82, 2.24) is 4.57 Å². The minimum absolute atomic E-state index is 0.175. The Morgan fingerprint density at radius 3 is 2.32 bits per heavy atom. The van der Waals surface area contributed by atoms with Crippen molar-refractivity contribution in [2.24, 2.45) is 0 Å². The van der Waals surface area contributed by atoms with Crippen molar-refractivity contribution in [3.8, 4) is 23.1 Å².